The predicted molar refractivity (Wildman–Crippen MR) is 151 cm³/mol. The van der Waals surface area contributed by atoms with Gasteiger partial charge in [0, 0.05) is 56.6 Å². The van der Waals surface area contributed by atoms with Crippen LogP contribution in [0, 0.1) is 5.82 Å². The van der Waals surface area contributed by atoms with E-state index in [0.717, 1.165) is 73.0 Å². The van der Waals surface area contributed by atoms with Gasteiger partial charge in [0.25, 0.3) is 0 Å². The van der Waals surface area contributed by atoms with Gasteiger partial charge in [-0.1, -0.05) is 30.7 Å². The topological polar surface area (TPSA) is 73.8 Å². The van der Waals surface area contributed by atoms with Crippen molar-refractivity contribution in [1.82, 2.24) is 19.8 Å². The van der Waals surface area contributed by atoms with Crippen molar-refractivity contribution >= 4 is 28.8 Å². The first-order valence-electron chi connectivity index (χ1n) is 12.9. The van der Waals surface area contributed by atoms with Crippen molar-refractivity contribution in [1.29, 1.82) is 0 Å². The van der Waals surface area contributed by atoms with Crippen LogP contribution in [0.15, 0.2) is 48.7 Å². The molecule has 0 bridgehead atoms. The van der Waals surface area contributed by atoms with Gasteiger partial charge in [-0.2, -0.15) is 0 Å². The van der Waals surface area contributed by atoms with E-state index < -0.39 is 0 Å². The summed E-state index contributed by atoms with van der Waals surface area (Å²) < 4.78 is 19.4. The first-order valence-corrected chi connectivity index (χ1v) is 13.3. The molecule has 2 N–H and O–H groups in total. The van der Waals surface area contributed by atoms with Gasteiger partial charge in [-0.3, -0.25) is 9.80 Å². The van der Waals surface area contributed by atoms with Crippen molar-refractivity contribution in [3.8, 4) is 5.75 Å². The lowest BCUT2D eigenvalue weighted by Gasteiger charge is -2.34. The number of β-amino-alcohol motifs (C(OH)–C–C–N with tert-alkyl or cyclic N) is 1. The zero-order valence-electron chi connectivity index (χ0n) is 22.2. The molecule has 1 fully saturated rings. The number of aliphatic hydroxyl groups excluding tert-OH is 1. The average Bonchev–Trinajstić information content (AvgIpc) is 2.92. The van der Waals surface area contributed by atoms with E-state index in [1.54, 1.807) is 25.4 Å². The van der Waals surface area contributed by atoms with Crippen molar-refractivity contribution in [3.63, 3.8) is 0 Å². The highest BCUT2D eigenvalue weighted by Crippen LogP contribution is 2.32. The SMILES string of the molecule is C/C=C(\c1ccc(F)cc1CC)c1nc(Nc2cc(CN3CCN(CCO)CC3)cc(OC)c2)ncc1Cl. The zero-order chi connectivity index (χ0) is 27.1. The van der Waals surface area contributed by atoms with Gasteiger partial charge in [0.2, 0.25) is 5.95 Å². The maximum absolute atomic E-state index is 13.9. The van der Waals surface area contributed by atoms with Gasteiger partial charge in [0.05, 0.1) is 30.6 Å². The number of hydrogen-bond donors (Lipinski definition) is 2. The van der Waals surface area contributed by atoms with E-state index in [1.807, 2.05) is 32.1 Å². The van der Waals surface area contributed by atoms with E-state index in [-0.39, 0.29) is 12.4 Å². The van der Waals surface area contributed by atoms with Gasteiger partial charge in [0.15, 0.2) is 0 Å². The molecule has 9 heteroatoms. The highest BCUT2D eigenvalue weighted by atomic mass is 35.5. The summed E-state index contributed by atoms with van der Waals surface area (Å²) in [4.78, 5) is 13.8. The van der Waals surface area contributed by atoms with E-state index in [0.29, 0.717) is 23.1 Å². The minimum absolute atomic E-state index is 0.193. The second-order valence-electron chi connectivity index (χ2n) is 9.28. The zero-order valence-corrected chi connectivity index (χ0v) is 22.9. The minimum Gasteiger partial charge on any atom is -0.497 e. The number of nitrogens with zero attached hydrogens (tertiary/aromatic N) is 4. The molecule has 1 saturated heterocycles. The molecule has 1 aliphatic heterocycles. The van der Waals surface area contributed by atoms with Gasteiger partial charge < -0.3 is 15.2 Å². The molecule has 0 atom stereocenters. The summed E-state index contributed by atoms with van der Waals surface area (Å²) in [5.74, 6) is 0.880. The summed E-state index contributed by atoms with van der Waals surface area (Å²) in [6, 6.07) is 10.8. The highest BCUT2D eigenvalue weighted by Gasteiger charge is 2.18. The average molecular weight is 540 g/mol. The Balaban J connectivity index is 1.56. The van der Waals surface area contributed by atoms with Crippen LogP contribution in [0.3, 0.4) is 0 Å². The number of nitrogens with one attached hydrogen (secondary N) is 1. The molecule has 1 aromatic heterocycles. The largest absolute Gasteiger partial charge is 0.497 e. The Morgan fingerprint density at radius 3 is 2.61 bits per heavy atom. The monoisotopic (exact) mass is 539 g/mol. The number of anilines is 2. The third kappa shape index (κ3) is 6.88. The molecule has 0 amide bonds. The Kier molecular flexibility index (Phi) is 9.69. The number of aryl methyl sites for hydroxylation is 1. The normalized spacial score (nSPS) is 15.1. The third-order valence-corrected chi connectivity index (χ3v) is 7.05. The molecule has 38 heavy (non-hydrogen) atoms. The van der Waals surface area contributed by atoms with Gasteiger partial charge >= 0.3 is 0 Å². The molecule has 3 aromatic rings. The van der Waals surface area contributed by atoms with E-state index in [4.69, 9.17) is 21.3 Å². The molecule has 4 rings (SSSR count). The van der Waals surface area contributed by atoms with Crippen molar-refractivity contribution < 1.29 is 14.2 Å². The van der Waals surface area contributed by atoms with Crippen LogP contribution in [0.25, 0.3) is 5.57 Å². The van der Waals surface area contributed by atoms with Gasteiger partial charge in [-0.15, -0.1) is 0 Å². The molecule has 0 saturated carbocycles. The molecule has 0 spiro atoms. The number of methoxy groups -OCH3 is 1. The van der Waals surface area contributed by atoms with Crippen LogP contribution < -0.4 is 10.1 Å². The fourth-order valence-electron chi connectivity index (χ4n) is 4.80. The second-order valence-corrected chi connectivity index (χ2v) is 9.69. The summed E-state index contributed by atoms with van der Waals surface area (Å²) in [7, 11) is 1.65. The molecule has 2 aromatic carbocycles. The van der Waals surface area contributed by atoms with Crippen LogP contribution in [-0.4, -0.2) is 71.3 Å². The van der Waals surface area contributed by atoms with Crippen molar-refractivity contribution in [2.75, 3.05) is 51.8 Å². The van der Waals surface area contributed by atoms with Crippen LogP contribution in [0.1, 0.15) is 36.2 Å². The standard InChI is InChI=1S/C29H35ClFN5O2/c1-4-21-16-22(31)6-7-26(21)25(5-2)28-27(30)18-32-29(34-28)33-23-14-20(15-24(17-23)38-3)19-36-10-8-35(9-11-36)12-13-37/h5-7,14-18,37H,4,8-13,19H2,1-3H3,(H,32,33,34)/b25-5+. The van der Waals surface area contributed by atoms with Crippen LogP contribution >= 0.6 is 11.6 Å². The van der Waals surface area contributed by atoms with Crippen molar-refractivity contribution in [2.24, 2.45) is 0 Å². The summed E-state index contributed by atoms with van der Waals surface area (Å²) >= 11 is 6.55. The van der Waals surface area contributed by atoms with Gasteiger partial charge in [0.1, 0.15) is 11.6 Å². The van der Waals surface area contributed by atoms with Gasteiger partial charge in [-0.25, -0.2) is 14.4 Å². The number of aliphatic hydroxyl groups is 1. The lowest BCUT2D eigenvalue weighted by atomic mass is 9.95. The van der Waals surface area contributed by atoms with Crippen LogP contribution in [-0.2, 0) is 13.0 Å². The third-order valence-electron chi connectivity index (χ3n) is 6.77. The van der Waals surface area contributed by atoms with Gasteiger partial charge in [-0.05, 0) is 54.3 Å². The number of allylic oxidation sites excluding steroid dienone is 1. The molecule has 7 nitrogen and oxygen atoms in total. The minimum atomic E-state index is -0.266. The fraction of sp³-hybridized carbons (Fsp3) is 0.379. The highest BCUT2D eigenvalue weighted by molar-refractivity contribution is 6.32. The summed E-state index contributed by atoms with van der Waals surface area (Å²) in [5.41, 5.74) is 5.11. The number of aromatic nitrogens is 2. The van der Waals surface area contributed by atoms with E-state index in [9.17, 15) is 9.50 Å². The van der Waals surface area contributed by atoms with Crippen LogP contribution in [0.2, 0.25) is 5.02 Å². The van der Waals surface area contributed by atoms with E-state index in [1.165, 1.54) is 6.07 Å². The van der Waals surface area contributed by atoms with E-state index in [2.05, 4.69) is 26.2 Å². The summed E-state index contributed by atoms with van der Waals surface area (Å²) in [6.07, 6.45) is 4.20. The lowest BCUT2D eigenvalue weighted by Crippen LogP contribution is -2.46. The Hall–Kier alpha value is -3.04. The predicted octanol–water partition coefficient (Wildman–Crippen LogP) is 5.15. The number of hydrogen-bond acceptors (Lipinski definition) is 7. The number of halogens is 2. The Morgan fingerprint density at radius 1 is 1.16 bits per heavy atom. The van der Waals surface area contributed by atoms with Crippen molar-refractivity contribution in [2.45, 2.75) is 26.8 Å². The molecule has 0 radical (unpaired) electrons. The number of benzene rings is 2. The second kappa shape index (κ2) is 13.2. The molecule has 1 aliphatic rings. The molecule has 2 heterocycles. The quantitative estimate of drug-likeness (QED) is 0.369. The Labute approximate surface area is 228 Å². The molecule has 0 unspecified atom stereocenters. The first kappa shape index (κ1) is 28.0. The summed E-state index contributed by atoms with van der Waals surface area (Å²) in [5, 5.41) is 12.9. The van der Waals surface area contributed by atoms with E-state index >= 15 is 0 Å². The maximum Gasteiger partial charge on any atom is 0.227 e. The molecule has 202 valence electrons. The van der Waals surface area contributed by atoms with Crippen molar-refractivity contribution in [3.05, 3.63) is 81.9 Å². The number of ether oxygens (including phenoxy) is 1. The first-order chi connectivity index (χ1) is 18.4. The molecular formula is C29H35ClFN5O2. The fourth-order valence-corrected chi connectivity index (χ4v) is 4.99. The Morgan fingerprint density at radius 2 is 1.92 bits per heavy atom. The smallest absolute Gasteiger partial charge is 0.227 e. The van der Waals surface area contributed by atoms with Crippen LogP contribution in [0.5, 0.6) is 5.75 Å². The number of piperazine rings is 1. The molecular weight excluding hydrogens is 505 g/mol. The molecule has 0 aliphatic carbocycles. The van der Waals surface area contributed by atoms with Crippen LogP contribution in [0.4, 0.5) is 16.0 Å². The number of rotatable bonds is 10. The summed E-state index contributed by atoms with van der Waals surface area (Å²) in [6.45, 7) is 9.39. The Bertz CT molecular complexity index is 1280. The maximum atomic E-state index is 13.9. The lowest BCUT2D eigenvalue weighted by molar-refractivity contribution is 0.108.